The van der Waals surface area contributed by atoms with E-state index in [0.717, 1.165) is 27.4 Å². The molecule has 1 heterocycles. The van der Waals surface area contributed by atoms with Gasteiger partial charge in [0.25, 0.3) is 0 Å². The van der Waals surface area contributed by atoms with Crippen LogP contribution in [0, 0.1) is 0 Å². The molecule has 0 bridgehead atoms. The number of thiophene rings is 1. The van der Waals surface area contributed by atoms with Gasteiger partial charge in [-0.15, -0.1) is 11.3 Å². The van der Waals surface area contributed by atoms with Gasteiger partial charge in [-0.2, -0.15) is 0 Å². The SMILES string of the molecule is COc1ccc(-c2csc(CN=C(N)Nc3ccc(OC)c(OC)c3)c2)cc1. The van der Waals surface area contributed by atoms with E-state index >= 15 is 0 Å². The Morgan fingerprint density at radius 1 is 0.929 bits per heavy atom. The van der Waals surface area contributed by atoms with Crippen molar-refractivity contribution in [2.75, 3.05) is 26.6 Å². The van der Waals surface area contributed by atoms with Gasteiger partial charge in [-0.05, 0) is 46.8 Å². The lowest BCUT2D eigenvalue weighted by atomic mass is 10.1. The van der Waals surface area contributed by atoms with Crippen LogP contribution in [0.25, 0.3) is 11.1 Å². The van der Waals surface area contributed by atoms with Gasteiger partial charge in [-0.3, -0.25) is 0 Å². The quantitative estimate of drug-likeness (QED) is 0.457. The number of nitrogens with one attached hydrogen (secondary N) is 1. The molecule has 1 aromatic heterocycles. The number of rotatable bonds is 7. The number of nitrogens with two attached hydrogens (primary N) is 1. The maximum atomic E-state index is 6.02. The van der Waals surface area contributed by atoms with E-state index in [0.29, 0.717) is 24.0 Å². The number of hydrogen-bond donors (Lipinski definition) is 2. The summed E-state index contributed by atoms with van der Waals surface area (Å²) in [5.41, 5.74) is 9.10. The van der Waals surface area contributed by atoms with Crippen LogP contribution in [-0.2, 0) is 6.54 Å². The summed E-state index contributed by atoms with van der Waals surface area (Å²) < 4.78 is 15.7. The highest BCUT2D eigenvalue weighted by molar-refractivity contribution is 7.10. The van der Waals surface area contributed by atoms with E-state index < -0.39 is 0 Å². The maximum absolute atomic E-state index is 6.02. The fourth-order valence-electron chi connectivity index (χ4n) is 2.66. The molecular formula is C21H23N3O3S. The average Bonchev–Trinajstić information content (AvgIpc) is 3.21. The highest BCUT2D eigenvalue weighted by Crippen LogP contribution is 2.30. The van der Waals surface area contributed by atoms with Gasteiger partial charge >= 0.3 is 0 Å². The van der Waals surface area contributed by atoms with Crippen molar-refractivity contribution in [1.82, 2.24) is 0 Å². The summed E-state index contributed by atoms with van der Waals surface area (Å²) in [6, 6.07) is 15.6. The summed E-state index contributed by atoms with van der Waals surface area (Å²) >= 11 is 1.66. The number of hydrogen-bond acceptors (Lipinski definition) is 5. The minimum absolute atomic E-state index is 0.339. The summed E-state index contributed by atoms with van der Waals surface area (Å²) in [6.45, 7) is 0.507. The zero-order valence-corrected chi connectivity index (χ0v) is 16.9. The predicted octanol–water partition coefficient (Wildman–Crippen LogP) is 4.37. The normalized spacial score (nSPS) is 11.2. The van der Waals surface area contributed by atoms with E-state index in [2.05, 4.69) is 21.8 Å². The molecule has 0 aliphatic heterocycles. The molecule has 0 saturated carbocycles. The van der Waals surface area contributed by atoms with Crippen LogP contribution in [0.1, 0.15) is 4.88 Å². The van der Waals surface area contributed by atoms with E-state index in [1.54, 1.807) is 32.7 Å². The molecule has 0 radical (unpaired) electrons. The summed E-state index contributed by atoms with van der Waals surface area (Å²) in [7, 11) is 4.86. The number of guanidine groups is 1. The smallest absolute Gasteiger partial charge is 0.193 e. The Kier molecular flexibility index (Phi) is 6.39. The summed E-state index contributed by atoms with van der Waals surface area (Å²) in [5.74, 6) is 2.47. The third kappa shape index (κ3) is 4.75. The van der Waals surface area contributed by atoms with E-state index in [-0.39, 0.29) is 0 Å². The van der Waals surface area contributed by atoms with Crippen molar-refractivity contribution in [3.05, 3.63) is 58.8 Å². The van der Waals surface area contributed by atoms with Gasteiger partial charge in [0.15, 0.2) is 17.5 Å². The largest absolute Gasteiger partial charge is 0.497 e. The van der Waals surface area contributed by atoms with Crippen molar-refractivity contribution in [2.45, 2.75) is 6.54 Å². The lowest BCUT2D eigenvalue weighted by Crippen LogP contribution is -2.22. The molecule has 3 aromatic rings. The lowest BCUT2D eigenvalue weighted by Gasteiger charge is -2.10. The molecule has 146 valence electrons. The second-order valence-electron chi connectivity index (χ2n) is 5.93. The Balaban J connectivity index is 1.64. The average molecular weight is 398 g/mol. The highest BCUT2D eigenvalue weighted by atomic mass is 32.1. The van der Waals surface area contributed by atoms with Gasteiger partial charge in [0.2, 0.25) is 0 Å². The molecule has 0 saturated heterocycles. The summed E-state index contributed by atoms with van der Waals surface area (Å²) in [5, 5.41) is 5.19. The van der Waals surface area contributed by atoms with Crippen LogP contribution in [0.15, 0.2) is 58.9 Å². The van der Waals surface area contributed by atoms with Crippen LogP contribution in [0.2, 0.25) is 0 Å². The van der Waals surface area contributed by atoms with E-state index in [1.165, 1.54) is 0 Å². The lowest BCUT2D eigenvalue weighted by molar-refractivity contribution is 0.355. The number of anilines is 1. The van der Waals surface area contributed by atoms with Gasteiger partial charge in [-0.1, -0.05) is 12.1 Å². The maximum Gasteiger partial charge on any atom is 0.193 e. The van der Waals surface area contributed by atoms with E-state index in [9.17, 15) is 0 Å². The molecule has 0 unspecified atom stereocenters. The predicted molar refractivity (Wildman–Crippen MR) is 115 cm³/mol. The number of benzene rings is 2. The van der Waals surface area contributed by atoms with E-state index in [1.807, 2.05) is 42.5 Å². The molecule has 3 N–H and O–H groups in total. The van der Waals surface area contributed by atoms with Gasteiger partial charge in [0.1, 0.15) is 5.75 Å². The Morgan fingerprint density at radius 2 is 1.68 bits per heavy atom. The second-order valence-corrected chi connectivity index (χ2v) is 6.92. The molecule has 6 nitrogen and oxygen atoms in total. The Morgan fingerprint density at radius 3 is 2.36 bits per heavy atom. The molecule has 7 heteroatoms. The first-order valence-corrected chi connectivity index (χ1v) is 9.51. The molecule has 2 aromatic carbocycles. The van der Waals surface area contributed by atoms with Crippen LogP contribution < -0.4 is 25.3 Å². The molecule has 0 aliphatic carbocycles. The molecule has 0 aliphatic rings. The van der Waals surface area contributed by atoms with Gasteiger partial charge < -0.3 is 25.3 Å². The number of ether oxygens (including phenoxy) is 3. The number of aliphatic imine (C=N–C) groups is 1. The van der Waals surface area contributed by atoms with Gasteiger partial charge in [0, 0.05) is 16.6 Å². The Hall–Kier alpha value is -3.19. The number of nitrogens with zero attached hydrogens (tertiary/aromatic N) is 1. The van der Waals surface area contributed by atoms with Crippen molar-refractivity contribution < 1.29 is 14.2 Å². The van der Waals surface area contributed by atoms with Gasteiger partial charge in [-0.25, -0.2) is 4.99 Å². The first kappa shape index (κ1) is 19.6. The fourth-order valence-corrected chi connectivity index (χ4v) is 3.48. The fraction of sp³-hybridized carbons (Fsp3) is 0.190. The summed E-state index contributed by atoms with van der Waals surface area (Å²) in [4.78, 5) is 5.55. The van der Waals surface area contributed by atoms with Crippen LogP contribution in [0.5, 0.6) is 17.2 Å². The standard InChI is InChI=1S/C21H23N3O3S/c1-25-17-7-4-14(5-8-17)15-10-18(28-13-15)12-23-21(22)24-16-6-9-19(26-2)20(11-16)27-3/h4-11,13H,12H2,1-3H3,(H3,22,23,24). The highest BCUT2D eigenvalue weighted by Gasteiger charge is 2.06. The Bertz CT molecular complexity index is 952. The molecular weight excluding hydrogens is 374 g/mol. The number of methoxy groups -OCH3 is 3. The molecule has 0 spiro atoms. The summed E-state index contributed by atoms with van der Waals surface area (Å²) in [6.07, 6.45) is 0. The van der Waals surface area contributed by atoms with Crippen molar-refractivity contribution in [3.63, 3.8) is 0 Å². The monoisotopic (exact) mass is 397 g/mol. The minimum Gasteiger partial charge on any atom is -0.497 e. The first-order valence-electron chi connectivity index (χ1n) is 8.63. The molecule has 3 rings (SSSR count). The molecule has 28 heavy (non-hydrogen) atoms. The van der Waals surface area contributed by atoms with Crippen molar-refractivity contribution >= 4 is 23.0 Å². The van der Waals surface area contributed by atoms with Crippen LogP contribution in [0.4, 0.5) is 5.69 Å². The zero-order valence-electron chi connectivity index (χ0n) is 16.1. The zero-order chi connectivity index (χ0) is 19.9. The van der Waals surface area contributed by atoms with Crippen LogP contribution in [0.3, 0.4) is 0 Å². The minimum atomic E-state index is 0.339. The van der Waals surface area contributed by atoms with Crippen molar-refractivity contribution in [1.29, 1.82) is 0 Å². The second kappa shape index (κ2) is 9.14. The first-order chi connectivity index (χ1) is 13.6. The van der Waals surface area contributed by atoms with Crippen LogP contribution in [-0.4, -0.2) is 27.3 Å². The topological polar surface area (TPSA) is 78.1 Å². The molecule has 0 fully saturated rings. The third-order valence-corrected chi connectivity index (χ3v) is 5.06. The van der Waals surface area contributed by atoms with E-state index in [4.69, 9.17) is 19.9 Å². The van der Waals surface area contributed by atoms with Crippen molar-refractivity contribution in [3.8, 4) is 28.4 Å². The Labute approximate surface area is 168 Å². The van der Waals surface area contributed by atoms with Crippen molar-refractivity contribution in [2.24, 2.45) is 10.7 Å². The third-order valence-electron chi connectivity index (χ3n) is 4.14. The van der Waals surface area contributed by atoms with Crippen LogP contribution >= 0.6 is 11.3 Å². The van der Waals surface area contributed by atoms with Gasteiger partial charge in [0.05, 0.1) is 27.9 Å². The molecule has 0 amide bonds. The molecule has 0 atom stereocenters.